The Kier molecular flexibility index (Phi) is 7.06. The maximum absolute atomic E-state index is 12.3. The highest BCUT2D eigenvalue weighted by atomic mass is 35.5. The van der Waals surface area contributed by atoms with Crippen LogP contribution in [0.15, 0.2) is 36.4 Å². The molecule has 4 nitrogen and oxygen atoms in total. The van der Waals surface area contributed by atoms with E-state index in [-0.39, 0.29) is 24.8 Å². The zero-order chi connectivity index (χ0) is 19.3. The average Bonchev–Trinajstić information content (AvgIpc) is 2.60. The minimum Gasteiger partial charge on any atom is -0.336 e. The second-order valence-electron chi connectivity index (χ2n) is 6.26. The van der Waals surface area contributed by atoms with E-state index in [0.717, 1.165) is 22.4 Å². The highest BCUT2D eigenvalue weighted by Gasteiger charge is 2.15. The summed E-state index contributed by atoms with van der Waals surface area (Å²) < 4.78 is 0. The molecule has 0 bridgehead atoms. The summed E-state index contributed by atoms with van der Waals surface area (Å²) in [6.07, 6.45) is 0.731. The predicted octanol–water partition coefficient (Wildman–Crippen LogP) is 4.64. The maximum atomic E-state index is 12.3. The molecule has 0 aromatic heterocycles. The largest absolute Gasteiger partial charge is 0.336 e. The number of amides is 2. The van der Waals surface area contributed by atoms with Crippen molar-refractivity contribution >= 4 is 40.7 Å². The Morgan fingerprint density at radius 3 is 2.50 bits per heavy atom. The van der Waals surface area contributed by atoms with Crippen molar-refractivity contribution in [3.8, 4) is 0 Å². The van der Waals surface area contributed by atoms with Gasteiger partial charge in [-0.25, -0.2) is 0 Å². The van der Waals surface area contributed by atoms with Crippen molar-refractivity contribution in [2.24, 2.45) is 0 Å². The fourth-order valence-corrected chi connectivity index (χ4v) is 2.97. The van der Waals surface area contributed by atoms with Gasteiger partial charge in [0.05, 0.1) is 16.6 Å². The van der Waals surface area contributed by atoms with Crippen molar-refractivity contribution in [1.29, 1.82) is 0 Å². The quantitative estimate of drug-likeness (QED) is 0.777. The van der Waals surface area contributed by atoms with Crippen molar-refractivity contribution < 1.29 is 9.59 Å². The Bertz CT molecular complexity index is 821. The number of nitrogens with one attached hydrogen (secondary N) is 1. The summed E-state index contributed by atoms with van der Waals surface area (Å²) in [6, 6.07) is 11.1. The summed E-state index contributed by atoms with van der Waals surface area (Å²) in [5, 5.41) is 3.80. The Hall–Kier alpha value is -2.04. The second kappa shape index (κ2) is 9.06. The van der Waals surface area contributed by atoms with Crippen LogP contribution >= 0.6 is 23.2 Å². The molecule has 0 saturated carbocycles. The summed E-state index contributed by atoms with van der Waals surface area (Å²) in [7, 11) is 1.62. The fourth-order valence-electron chi connectivity index (χ4n) is 2.55. The monoisotopic (exact) mass is 392 g/mol. The lowest BCUT2D eigenvalue weighted by Gasteiger charge is -2.18. The van der Waals surface area contributed by atoms with Crippen molar-refractivity contribution in [1.82, 2.24) is 4.90 Å². The summed E-state index contributed by atoms with van der Waals surface area (Å²) in [4.78, 5) is 25.9. The minimum atomic E-state index is -0.227. The third-order valence-corrected chi connectivity index (χ3v) is 5.18. The third-order valence-electron chi connectivity index (χ3n) is 4.33. The van der Waals surface area contributed by atoms with Crippen LogP contribution < -0.4 is 5.32 Å². The van der Waals surface area contributed by atoms with Crippen molar-refractivity contribution in [3.05, 3.63) is 63.1 Å². The van der Waals surface area contributed by atoms with E-state index >= 15 is 0 Å². The molecule has 2 rings (SSSR count). The van der Waals surface area contributed by atoms with Gasteiger partial charge in [0.1, 0.15) is 0 Å². The zero-order valence-corrected chi connectivity index (χ0v) is 16.6. The zero-order valence-electron chi connectivity index (χ0n) is 15.1. The molecule has 2 amide bonds. The Balaban J connectivity index is 1.89. The predicted molar refractivity (Wildman–Crippen MR) is 107 cm³/mol. The molecule has 1 N–H and O–H groups in total. The molecule has 0 aliphatic rings. The SMILES string of the molecule is Cc1cccc(NC(=O)CN(C)C(=O)CCc2cccc(Cl)c2Cl)c1C. The summed E-state index contributed by atoms with van der Waals surface area (Å²) >= 11 is 12.1. The van der Waals surface area contributed by atoms with E-state index < -0.39 is 0 Å². The molecule has 0 radical (unpaired) electrons. The third kappa shape index (κ3) is 5.23. The molecule has 0 heterocycles. The van der Waals surface area contributed by atoms with Gasteiger partial charge >= 0.3 is 0 Å². The number of anilines is 1. The Morgan fingerprint density at radius 1 is 1.08 bits per heavy atom. The van der Waals surface area contributed by atoms with Crippen molar-refractivity contribution in [2.45, 2.75) is 26.7 Å². The van der Waals surface area contributed by atoms with Gasteiger partial charge in [0, 0.05) is 19.2 Å². The number of carbonyl (C=O) groups excluding carboxylic acids is 2. The van der Waals surface area contributed by atoms with Gasteiger partial charge < -0.3 is 10.2 Å². The van der Waals surface area contributed by atoms with E-state index in [1.165, 1.54) is 4.90 Å². The normalized spacial score (nSPS) is 10.5. The van der Waals surface area contributed by atoms with Crippen LogP contribution in [0, 0.1) is 13.8 Å². The topological polar surface area (TPSA) is 49.4 Å². The summed E-state index contributed by atoms with van der Waals surface area (Å²) in [5.74, 6) is -0.354. The maximum Gasteiger partial charge on any atom is 0.243 e. The van der Waals surface area contributed by atoms with Gasteiger partial charge in [0.2, 0.25) is 11.8 Å². The lowest BCUT2D eigenvalue weighted by Crippen LogP contribution is -2.35. The average molecular weight is 393 g/mol. The van der Waals surface area contributed by atoms with Crippen LogP contribution in [-0.4, -0.2) is 30.3 Å². The molecular formula is C20H22Cl2N2O2. The number of hydrogen-bond acceptors (Lipinski definition) is 2. The van der Waals surface area contributed by atoms with Crippen LogP contribution in [0.2, 0.25) is 10.0 Å². The number of aryl methyl sites for hydroxylation is 2. The number of hydrogen-bond donors (Lipinski definition) is 1. The Labute approximate surface area is 164 Å². The van der Waals surface area contributed by atoms with E-state index in [4.69, 9.17) is 23.2 Å². The van der Waals surface area contributed by atoms with Gasteiger partial charge in [-0.15, -0.1) is 0 Å². The molecule has 0 unspecified atom stereocenters. The van der Waals surface area contributed by atoms with E-state index in [2.05, 4.69) is 5.32 Å². The Morgan fingerprint density at radius 2 is 1.77 bits per heavy atom. The van der Waals surface area contributed by atoms with E-state index in [1.54, 1.807) is 19.2 Å². The van der Waals surface area contributed by atoms with Gasteiger partial charge in [0.25, 0.3) is 0 Å². The number of carbonyl (C=O) groups is 2. The highest BCUT2D eigenvalue weighted by molar-refractivity contribution is 6.42. The van der Waals surface area contributed by atoms with E-state index in [0.29, 0.717) is 16.5 Å². The van der Waals surface area contributed by atoms with Gasteiger partial charge in [-0.1, -0.05) is 47.5 Å². The standard InChI is InChI=1S/C20H22Cl2N2O2/c1-13-6-4-9-17(14(13)2)23-18(25)12-24(3)19(26)11-10-15-7-5-8-16(21)20(15)22/h4-9H,10-12H2,1-3H3,(H,23,25). The van der Waals surface area contributed by atoms with E-state index in [9.17, 15) is 9.59 Å². The molecule has 2 aromatic carbocycles. The molecular weight excluding hydrogens is 371 g/mol. The van der Waals surface area contributed by atoms with Gasteiger partial charge in [-0.3, -0.25) is 9.59 Å². The van der Waals surface area contributed by atoms with Crippen molar-refractivity contribution in [2.75, 3.05) is 18.9 Å². The van der Waals surface area contributed by atoms with Crippen LogP contribution in [0.3, 0.4) is 0 Å². The second-order valence-corrected chi connectivity index (χ2v) is 7.04. The lowest BCUT2D eigenvalue weighted by molar-refractivity contribution is -0.133. The number of nitrogens with zero attached hydrogens (tertiary/aromatic N) is 1. The van der Waals surface area contributed by atoms with Crippen LogP contribution in [0.1, 0.15) is 23.1 Å². The molecule has 138 valence electrons. The van der Waals surface area contributed by atoms with Crippen LogP contribution in [-0.2, 0) is 16.0 Å². The smallest absolute Gasteiger partial charge is 0.243 e. The molecule has 0 saturated heterocycles. The molecule has 0 aliphatic heterocycles. The van der Waals surface area contributed by atoms with Gasteiger partial charge in [-0.2, -0.15) is 0 Å². The molecule has 0 fully saturated rings. The van der Waals surface area contributed by atoms with Crippen molar-refractivity contribution in [3.63, 3.8) is 0 Å². The number of likely N-dealkylation sites (N-methyl/N-ethyl adjacent to an activating group) is 1. The summed E-state index contributed by atoms with van der Waals surface area (Å²) in [5.41, 5.74) is 3.71. The first-order valence-corrected chi connectivity index (χ1v) is 9.08. The highest BCUT2D eigenvalue weighted by Crippen LogP contribution is 2.26. The number of benzene rings is 2. The molecule has 0 spiro atoms. The molecule has 2 aromatic rings. The molecule has 0 atom stereocenters. The lowest BCUT2D eigenvalue weighted by atomic mass is 10.1. The molecule has 0 aliphatic carbocycles. The summed E-state index contributed by atoms with van der Waals surface area (Å²) in [6.45, 7) is 3.94. The number of halogens is 2. The van der Waals surface area contributed by atoms with Crippen LogP contribution in [0.4, 0.5) is 5.69 Å². The first kappa shape index (κ1) is 20.3. The first-order valence-electron chi connectivity index (χ1n) is 8.32. The molecule has 6 heteroatoms. The van der Waals surface area contributed by atoms with Crippen LogP contribution in [0.25, 0.3) is 0 Å². The van der Waals surface area contributed by atoms with Crippen LogP contribution in [0.5, 0.6) is 0 Å². The van der Waals surface area contributed by atoms with Gasteiger partial charge in [-0.05, 0) is 49.1 Å². The fraction of sp³-hybridized carbons (Fsp3) is 0.300. The number of rotatable bonds is 6. The molecule has 26 heavy (non-hydrogen) atoms. The van der Waals surface area contributed by atoms with Gasteiger partial charge in [0.15, 0.2) is 0 Å². The van der Waals surface area contributed by atoms with E-state index in [1.807, 2.05) is 38.1 Å². The minimum absolute atomic E-state index is 0.00447. The first-order chi connectivity index (χ1) is 12.3.